The fourth-order valence-electron chi connectivity index (χ4n) is 0.557. The predicted molar refractivity (Wildman–Crippen MR) is 78.8 cm³/mol. The summed E-state index contributed by atoms with van der Waals surface area (Å²) in [6, 6.07) is 0. The molecule has 1 aliphatic carbocycles. The summed E-state index contributed by atoms with van der Waals surface area (Å²) in [6.07, 6.45) is 12.1. The smallest absolute Gasteiger partial charge is 0.0243 e. The van der Waals surface area contributed by atoms with Crippen LogP contribution in [0, 0.1) is 43.2 Å². The zero-order chi connectivity index (χ0) is 8.36. The van der Waals surface area contributed by atoms with Gasteiger partial charge in [-0.15, -0.1) is 6.42 Å². The summed E-state index contributed by atoms with van der Waals surface area (Å²) in [5.74, 6) is 6.21. The Morgan fingerprint density at radius 2 is 1.71 bits per heavy atom. The standard InChI is InChI=1S/C5H5.C4H10NO.5CH3.Hf/c1-2-4-5-3-1;1-2-3-4-6-5;;;;;;/h1-3H,4H2;5H,2-4H2,1H3;5*1H3;/q7*-1;. The fraction of sp³-hybridized carbons (Fsp3) is 0.357. The van der Waals surface area contributed by atoms with E-state index in [4.69, 9.17) is 5.90 Å². The molecule has 1 rings (SSSR count). The minimum absolute atomic E-state index is 0. The molecule has 0 radical (unpaired) electrons. The van der Waals surface area contributed by atoms with Crippen LogP contribution in [0.3, 0.4) is 0 Å². The fourth-order valence-corrected chi connectivity index (χ4v) is 0.557. The molecule has 0 aromatic carbocycles. The second-order valence-electron chi connectivity index (χ2n) is 2.21. The molecule has 0 bridgehead atoms. The number of nitrogens with one attached hydrogen (secondary N) is 1. The maximum absolute atomic E-state index is 6.21. The molecule has 2 nitrogen and oxygen atoms in total. The Kier molecular flexibility index (Phi) is 113. The molecule has 0 aromatic rings. The molecule has 0 saturated carbocycles. The molecule has 0 amide bonds. The van der Waals surface area contributed by atoms with Crippen molar-refractivity contribution in [3.05, 3.63) is 67.3 Å². The van der Waals surface area contributed by atoms with Gasteiger partial charge in [0.1, 0.15) is 0 Å². The average molecular weight is 407 g/mol. The van der Waals surface area contributed by atoms with Crippen LogP contribution in [-0.2, 0) is 30.7 Å². The van der Waals surface area contributed by atoms with Crippen molar-refractivity contribution in [3.63, 3.8) is 0 Å². The second kappa shape index (κ2) is 44.1. The molecule has 0 aromatic heterocycles. The number of hydrogen-bond acceptors (Lipinski definition) is 1. The van der Waals surface area contributed by atoms with Gasteiger partial charge in [-0.2, -0.15) is 6.08 Å². The van der Waals surface area contributed by atoms with Gasteiger partial charge in [0, 0.05) is 32.5 Å². The first kappa shape index (κ1) is 43.3. The molecule has 0 atom stereocenters. The first-order chi connectivity index (χ1) is 5.41. The SMILES string of the molecule is CCCCO[NH-].[C-]1=CC=CC1.[CH3-].[CH3-].[CH3-].[CH3-].[CH3-].[Hf]. The van der Waals surface area contributed by atoms with Crippen LogP contribution >= 0.6 is 0 Å². The Morgan fingerprint density at radius 1 is 1.18 bits per heavy atom. The third-order valence-electron chi connectivity index (χ3n) is 1.19. The molecule has 0 aliphatic heterocycles. The van der Waals surface area contributed by atoms with Gasteiger partial charge >= 0.3 is 0 Å². The molecular weight excluding hydrogens is 377 g/mol. The molecule has 3 heteroatoms. The third kappa shape index (κ3) is 48.4. The number of unbranched alkanes of at least 4 members (excludes halogenated alkanes) is 1. The molecule has 0 saturated heterocycles. The topological polar surface area (TPSA) is 33.0 Å². The Bertz CT molecular complexity index is 111. The molecule has 0 unspecified atom stereocenters. The van der Waals surface area contributed by atoms with Crippen molar-refractivity contribution in [1.29, 1.82) is 0 Å². The summed E-state index contributed by atoms with van der Waals surface area (Å²) >= 11 is 0. The zero-order valence-electron chi connectivity index (χ0n) is 12.5. The van der Waals surface area contributed by atoms with E-state index in [9.17, 15) is 0 Å². The van der Waals surface area contributed by atoms with Crippen LogP contribution in [0.2, 0.25) is 0 Å². The molecule has 0 heterocycles. The minimum atomic E-state index is 0. The van der Waals surface area contributed by atoms with Crippen molar-refractivity contribution < 1.29 is 30.7 Å². The summed E-state index contributed by atoms with van der Waals surface area (Å²) in [5.41, 5.74) is 0. The summed E-state index contributed by atoms with van der Waals surface area (Å²) in [4.78, 5) is 4.03. The van der Waals surface area contributed by atoms with Crippen LogP contribution < -0.4 is 0 Å². The Balaban J connectivity index is -0.0000000174. The van der Waals surface area contributed by atoms with E-state index in [-0.39, 0.29) is 63.0 Å². The minimum Gasteiger partial charge on any atom is -0.549 e. The van der Waals surface area contributed by atoms with Crippen LogP contribution in [-0.4, -0.2) is 6.61 Å². The molecule has 0 fully saturated rings. The summed E-state index contributed by atoms with van der Waals surface area (Å²) < 4.78 is 0. The van der Waals surface area contributed by atoms with E-state index in [0.717, 1.165) is 19.3 Å². The number of rotatable bonds is 3. The zero-order valence-corrected chi connectivity index (χ0v) is 16.1. The van der Waals surface area contributed by atoms with E-state index >= 15 is 0 Å². The Morgan fingerprint density at radius 3 is 1.82 bits per heavy atom. The van der Waals surface area contributed by atoms with Crippen molar-refractivity contribution in [2.24, 2.45) is 0 Å². The summed E-state index contributed by atoms with van der Waals surface area (Å²) in [5, 5.41) is 0. The van der Waals surface area contributed by atoms with Gasteiger partial charge in [-0.1, -0.05) is 13.3 Å². The number of hydrogen-bond donors (Lipinski definition) is 0. The normalized spacial score (nSPS) is 8.35. The predicted octanol–water partition coefficient (Wildman–Crippen LogP) is 5.32. The van der Waals surface area contributed by atoms with Crippen molar-refractivity contribution in [1.82, 2.24) is 0 Å². The first-order valence-corrected chi connectivity index (χ1v) is 3.92. The van der Waals surface area contributed by atoms with Crippen LogP contribution in [0.15, 0.2) is 18.2 Å². The quantitative estimate of drug-likeness (QED) is 0.270. The van der Waals surface area contributed by atoms with Gasteiger partial charge in [-0.05, 0) is 6.42 Å². The molecule has 108 valence electrons. The van der Waals surface area contributed by atoms with Crippen LogP contribution in [0.25, 0.3) is 5.90 Å². The maximum atomic E-state index is 6.21. The molecule has 0 spiro atoms. The van der Waals surface area contributed by atoms with Crippen LogP contribution in [0.5, 0.6) is 0 Å². The summed E-state index contributed by atoms with van der Waals surface area (Å²) in [7, 11) is 0. The summed E-state index contributed by atoms with van der Waals surface area (Å²) in [6.45, 7) is 2.65. The van der Waals surface area contributed by atoms with Gasteiger partial charge in [0.05, 0.1) is 0 Å². The number of allylic oxidation sites excluding steroid dienone is 4. The van der Waals surface area contributed by atoms with E-state index in [1.807, 2.05) is 12.2 Å². The maximum Gasteiger partial charge on any atom is 0.0243 e. The third-order valence-corrected chi connectivity index (χ3v) is 1.19. The van der Waals surface area contributed by atoms with Crippen molar-refractivity contribution in [2.45, 2.75) is 26.2 Å². The average Bonchev–Trinajstić information content (AvgIpc) is 2.57. The Hall–Kier alpha value is 0.270. The second-order valence-corrected chi connectivity index (χ2v) is 2.21. The van der Waals surface area contributed by atoms with E-state index in [2.05, 4.69) is 23.9 Å². The van der Waals surface area contributed by atoms with Gasteiger partial charge in [0.2, 0.25) is 0 Å². The molecule has 17 heavy (non-hydrogen) atoms. The Labute approximate surface area is 130 Å². The molecule has 1 N–H and O–H groups in total. The molecular formula is C14H30HfNO-7. The molecule has 1 aliphatic rings. The van der Waals surface area contributed by atoms with Crippen LogP contribution in [0.4, 0.5) is 0 Å². The van der Waals surface area contributed by atoms with Crippen LogP contribution in [0.1, 0.15) is 26.2 Å². The van der Waals surface area contributed by atoms with E-state index in [1.165, 1.54) is 0 Å². The van der Waals surface area contributed by atoms with Gasteiger partial charge < -0.3 is 47.9 Å². The van der Waals surface area contributed by atoms with Gasteiger partial charge in [0.25, 0.3) is 0 Å². The van der Waals surface area contributed by atoms with Gasteiger partial charge in [0.15, 0.2) is 0 Å². The van der Waals surface area contributed by atoms with Crippen molar-refractivity contribution in [2.75, 3.05) is 6.61 Å². The first-order valence-electron chi connectivity index (χ1n) is 3.92. The van der Waals surface area contributed by atoms with Gasteiger partial charge in [-0.3, -0.25) is 6.08 Å². The monoisotopic (exact) mass is 408 g/mol. The van der Waals surface area contributed by atoms with E-state index < -0.39 is 0 Å². The van der Waals surface area contributed by atoms with Gasteiger partial charge in [-0.25, -0.2) is 12.2 Å². The van der Waals surface area contributed by atoms with E-state index in [1.54, 1.807) is 0 Å². The van der Waals surface area contributed by atoms with E-state index in [0.29, 0.717) is 6.61 Å². The van der Waals surface area contributed by atoms with Crippen molar-refractivity contribution in [3.8, 4) is 0 Å². The largest absolute Gasteiger partial charge is 0.549 e. The van der Waals surface area contributed by atoms with Crippen molar-refractivity contribution >= 4 is 0 Å².